The number of aliphatic carboxylic acids is 1. The number of hydrogen-bond donors (Lipinski definition) is 2. The number of carboxylic acid groups (broad SMARTS) is 1. The number of carbonyl (C=O) groups excluding carboxylic acids is 2. The summed E-state index contributed by atoms with van der Waals surface area (Å²) < 4.78 is 5.45. The first-order valence-corrected chi connectivity index (χ1v) is 9.31. The zero-order valence-electron chi connectivity index (χ0n) is 16.2. The van der Waals surface area contributed by atoms with Gasteiger partial charge in [-0.1, -0.05) is 55.5 Å². The first-order chi connectivity index (χ1) is 13.9. The molecule has 0 saturated heterocycles. The Morgan fingerprint density at radius 1 is 1.10 bits per heavy atom. The monoisotopic (exact) mass is 394 g/mol. The number of carbonyl (C=O) groups is 3. The van der Waals surface area contributed by atoms with E-state index in [1.807, 2.05) is 6.07 Å². The van der Waals surface area contributed by atoms with Crippen LogP contribution in [0.5, 0.6) is 0 Å². The predicted molar refractivity (Wildman–Crippen MR) is 106 cm³/mol. The van der Waals surface area contributed by atoms with Crippen LogP contribution in [0.4, 0.5) is 4.79 Å². The van der Waals surface area contributed by atoms with E-state index >= 15 is 0 Å². The number of hydrogen-bond acceptors (Lipinski definition) is 4. The fourth-order valence-corrected chi connectivity index (χ4v) is 3.42. The first kappa shape index (κ1) is 20.1. The molecule has 0 radical (unpaired) electrons. The van der Waals surface area contributed by atoms with Crippen molar-refractivity contribution in [2.75, 3.05) is 0 Å². The first-order valence-electron chi connectivity index (χ1n) is 9.31. The lowest BCUT2D eigenvalue weighted by atomic mass is 9.93. The van der Waals surface area contributed by atoms with Crippen molar-refractivity contribution < 1.29 is 24.2 Å². The summed E-state index contributed by atoms with van der Waals surface area (Å²) in [7, 11) is 0. The van der Waals surface area contributed by atoms with Gasteiger partial charge in [0.2, 0.25) is 0 Å². The van der Waals surface area contributed by atoms with Crippen LogP contribution in [0.25, 0.3) is 0 Å². The van der Waals surface area contributed by atoms with Crippen LogP contribution < -0.4 is 5.32 Å². The molecular formula is C22H22N2O5. The average Bonchev–Trinajstić information content (AvgIpc) is 2.73. The molecule has 7 nitrogen and oxygen atoms in total. The van der Waals surface area contributed by atoms with Crippen LogP contribution in [0.2, 0.25) is 0 Å². The predicted octanol–water partition coefficient (Wildman–Crippen LogP) is 3.70. The van der Waals surface area contributed by atoms with Crippen molar-refractivity contribution in [2.24, 2.45) is 0 Å². The van der Waals surface area contributed by atoms with Crippen LogP contribution in [0, 0.1) is 0 Å². The fourth-order valence-electron chi connectivity index (χ4n) is 3.42. The summed E-state index contributed by atoms with van der Waals surface area (Å²) in [5.74, 6) is -1.73. The highest BCUT2D eigenvalue weighted by atomic mass is 16.6. The summed E-state index contributed by atoms with van der Waals surface area (Å²) in [5, 5.41) is 12.6. The van der Waals surface area contributed by atoms with E-state index in [1.54, 1.807) is 68.4 Å². The van der Waals surface area contributed by atoms with E-state index in [-0.39, 0.29) is 12.0 Å². The van der Waals surface area contributed by atoms with Gasteiger partial charge in [0, 0.05) is 5.70 Å². The molecule has 0 aromatic heterocycles. The van der Waals surface area contributed by atoms with E-state index in [2.05, 4.69) is 5.32 Å². The number of nitrogens with zero attached hydrogens (tertiary/aromatic N) is 1. The molecule has 2 aromatic carbocycles. The maximum Gasteiger partial charge on any atom is 0.340 e. The number of amides is 2. The topological polar surface area (TPSA) is 95.9 Å². The lowest BCUT2D eigenvalue weighted by Crippen LogP contribution is -2.52. The normalized spacial score (nSPS) is 17.5. The number of allylic oxidation sites excluding steroid dienone is 1. The molecule has 0 bridgehead atoms. The highest BCUT2D eigenvalue weighted by Gasteiger charge is 2.39. The van der Waals surface area contributed by atoms with Crippen LogP contribution in [0.15, 0.2) is 71.9 Å². The minimum Gasteiger partial charge on any atom is -0.478 e. The molecule has 3 rings (SSSR count). The molecule has 1 aliphatic rings. The van der Waals surface area contributed by atoms with Crippen LogP contribution in [-0.2, 0) is 9.53 Å². The van der Waals surface area contributed by atoms with E-state index in [0.717, 1.165) is 0 Å². The van der Waals surface area contributed by atoms with Gasteiger partial charge < -0.3 is 15.2 Å². The number of nitrogens with one attached hydrogen (secondary N) is 1. The fraction of sp³-hybridized carbons (Fsp3) is 0.227. The quantitative estimate of drug-likeness (QED) is 0.728. The summed E-state index contributed by atoms with van der Waals surface area (Å²) in [6, 6.07) is 16.0. The Kier molecular flexibility index (Phi) is 5.97. The molecular weight excluding hydrogens is 372 g/mol. The smallest absolute Gasteiger partial charge is 0.340 e. The summed E-state index contributed by atoms with van der Waals surface area (Å²) in [6.45, 7) is 3.30. The molecule has 2 N–H and O–H groups in total. The van der Waals surface area contributed by atoms with Gasteiger partial charge in [0.05, 0.1) is 17.2 Å². The minimum atomic E-state index is -1.14. The van der Waals surface area contributed by atoms with Gasteiger partial charge in [0.1, 0.15) is 0 Å². The second-order valence-corrected chi connectivity index (χ2v) is 6.55. The van der Waals surface area contributed by atoms with Gasteiger partial charge in [-0.25, -0.2) is 14.4 Å². The number of rotatable bonds is 6. The maximum atomic E-state index is 12.9. The van der Waals surface area contributed by atoms with Crippen molar-refractivity contribution in [3.63, 3.8) is 0 Å². The molecule has 7 heteroatoms. The molecule has 0 saturated carbocycles. The van der Waals surface area contributed by atoms with E-state index < -0.39 is 30.2 Å². The van der Waals surface area contributed by atoms with Gasteiger partial charge in [0.25, 0.3) is 0 Å². The Morgan fingerprint density at radius 2 is 1.69 bits per heavy atom. The lowest BCUT2D eigenvalue weighted by Gasteiger charge is -2.38. The zero-order valence-corrected chi connectivity index (χ0v) is 16.2. The number of benzene rings is 2. The summed E-state index contributed by atoms with van der Waals surface area (Å²) in [5.41, 5.74) is 1.38. The molecule has 0 spiro atoms. The molecule has 29 heavy (non-hydrogen) atoms. The van der Waals surface area contributed by atoms with Crippen molar-refractivity contribution in [3.8, 4) is 0 Å². The van der Waals surface area contributed by atoms with Crippen LogP contribution in [0.1, 0.15) is 42.2 Å². The third-order valence-corrected chi connectivity index (χ3v) is 4.73. The number of ether oxygens (including phenoxy) is 1. The third-order valence-electron chi connectivity index (χ3n) is 4.73. The molecule has 2 atom stereocenters. The van der Waals surface area contributed by atoms with E-state index in [0.29, 0.717) is 16.8 Å². The van der Waals surface area contributed by atoms with E-state index in [1.165, 1.54) is 4.90 Å². The largest absolute Gasteiger partial charge is 0.478 e. The third kappa shape index (κ3) is 4.13. The molecule has 2 unspecified atom stereocenters. The number of urea groups is 1. The number of esters is 1. The van der Waals surface area contributed by atoms with Crippen LogP contribution in [0.3, 0.4) is 0 Å². The molecule has 1 aliphatic heterocycles. The van der Waals surface area contributed by atoms with Crippen molar-refractivity contribution in [1.82, 2.24) is 10.2 Å². The van der Waals surface area contributed by atoms with Gasteiger partial charge in [-0.2, -0.15) is 0 Å². The van der Waals surface area contributed by atoms with Crippen molar-refractivity contribution in [3.05, 3.63) is 83.1 Å². The summed E-state index contributed by atoms with van der Waals surface area (Å²) in [6.07, 6.45) is -0.699. The molecule has 1 heterocycles. The van der Waals surface area contributed by atoms with Gasteiger partial charge in [-0.3, -0.25) is 4.90 Å². The Morgan fingerprint density at radius 3 is 2.24 bits per heavy atom. The van der Waals surface area contributed by atoms with Gasteiger partial charge in [-0.05, 0) is 31.0 Å². The van der Waals surface area contributed by atoms with Crippen molar-refractivity contribution in [2.45, 2.75) is 32.5 Å². The van der Waals surface area contributed by atoms with Gasteiger partial charge >= 0.3 is 18.0 Å². The summed E-state index contributed by atoms with van der Waals surface area (Å²) >= 11 is 0. The molecule has 2 amide bonds. The molecule has 0 aliphatic carbocycles. The maximum absolute atomic E-state index is 12.9. The lowest BCUT2D eigenvalue weighted by molar-refractivity contribution is -0.133. The van der Waals surface area contributed by atoms with Crippen LogP contribution >= 0.6 is 0 Å². The van der Waals surface area contributed by atoms with Crippen molar-refractivity contribution in [1.29, 1.82) is 0 Å². The Bertz CT molecular complexity index is 940. The van der Waals surface area contributed by atoms with Crippen LogP contribution in [-0.4, -0.2) is 34.2 Å². The molecule has 150 valence electrons. The standard InChI is InChI=1S/C22H22N2O5/c1-3-17-18(20(25)26)19(15-10-6-4-7-11-15)23-22(28)24(17)14(2)29-21(27)16-12-8-5-9-13-16/h4-14,19H,3H2,1-2H3,(H,23,28)(H,25,26). The SMILES string of the molecule is CCC1=C(C(=O)O)C(c2ccccc2)NC(=O)N1C(C)OC(=O)c1ccccc1. The second-order valence-electron chi connectivity index (χ2n) is 6.55. The Balaban J connectivity index is 1.96. The highest BCUT2D eigenvalue weighted by molar-refractivity contribution is 5.94. The second kappa shape index (κ2) is 8.60. The molecule has 2 aromatic rings. The zero-order chi connectivity index (χ0) is 21.0. The number of carboxylic acids is 1. The van der Waals surface area contributed by atoms with E-state index in [4.69, 9.17) is 4.74 Å². The highest BCUT2D eigenvalue weighted by Crippen LogP contribution is 2.33. The molecule has 0 fully saturated rings. The summed E-state index contributed by atoms with van der Waals surface area (Å²) in [4.78, 5) is 38.5. The average molecular weight is 394 g/mol. The van der Waals surface area contributed by atoms with Crippen molar-refractivity contribution >= 4 is 18.0 Å². The van der Waals surface area contributed by atoms with E-state index in [9.17, 15) is 19.5 Å². The Hall–Kier alpha value is -3.61. The Labute approximate surface area is 168 Å². The van der Waals surface area contributed by atoms with Gasteiger partial charge in [0.15, 0.2) is 6.23 Å². The minimum absolute atomic E-state index is 0.0564. The van der Waals surface area contributed by atoms with Gasteiger partial charge in [-0.15, -0.1) is 0 Å².